The number of nitrogens with one attached hydrogen (secondary N) is 1. The van der Waals surface area contributed by atoms with E-state index in [0.717, 1.165) is 42.6 Å². The minimum absolute atomic E-state index is 0.00897. The number of rotatable bonds is 13. The Morgan fingerprint density at radius 3 is 2.37 bits per heavy atom. The molecule has 1 aromatic heterocycles. The summed E-state index contributed by atoms with van der Waals surface area (Å²) in [6, 6.07) is 21.4. The lowest BCUT2D eigenvalue weighted by Crippen LogP contribution is -2.43. The molecule has 0 aliphatic carbocycles. The number of para-hydroxylation sites is 1. The number of unbranched alkanes of at least 4 members (excludes halogenated alkanes) is 1. The standard InChI is InChI=1S/C28H36N4O3/c1-4-6-13-22(5-2)28(34)31(18-19-35-3)21-27(33)29-26-20-25(23-14-9-7-10-15-23)30-32(26)24-16-11-8-12-17-24/h7-12,14-17,20,22H,4-6,13,18-19,21H2,1-3H3,(H,29,33). The predicted octanol–water partition coefficient (Wildman–Crippen LogP) is 5.17. The molecule has 2 amide bonds. The molecule has 0 spiro atoms. The van der Waals surface area contributed by atoms with Crippen molar-refractivity contribution in [2.45, 2.75) is 39.5 Å². The Kier molecular flexibility index (Phi) is 10.0. The Bertz CT molecular complexity index is 1070. The Balaban J connectivity index is 1.82. The van der Waals surface area contributed by atoms with Gasteiger partial charge in [-0.1, -0.05) is 75.2 Å². The lowest BCUT2D eigenvalue weighted by molar-refractivity contribution is -0.139. The van der Waals surface area contributed by atoms with Gasteiger partial charge in [0.05, 0.1) is 24.5 Å². The van der Waals surface area contributed by atoms with Crippen molar-refractivity contribution in [1.82, 2.24) is 14.7 Å². The molecule has 7 nitrogen and oxygen atoms in total. The molecule has 0 saturated carbocycles. The molecular weight excluding hydrogens is 440 g/mol. The van der Waals surface area contributed by atoms with Gasteiger partial charge in [0, 0.05) is 31.2 Å². The van der Waals surface area contributed by atoms with Gasteiger partial charge in [0.15, 0.2) is 0 Å². The molecule has 3 rings (SSSR count). The van der Waals surface area contributed by atoms with Crippen LogP contribution in [0.1, 0.15) is 39.5 Å². The molecule has 1 heterocycles. The minimum Gasteiger partial charge on any atom is -0.383 e. The van der Waals surface area contributed by atoms with Crippen LogP contribution in [-0.4, -0.2) is 53.3 Å². The van der Waals surface area contributed by atoms with Gasteiger partial charge in [-0.15, -0.1) is 0 Å². The van der Waals surface area contributed by atoms with Crippen molar-refractivity contribution < 1.29 is 14.3 Å². The van der Waals surface area contributed by atoms with Crippen molar-refractivity contribution >= 4 is 17.6 Å². The summed E-state index contributed by atoms with van der Waals surface area (Å²) in [7, 11) is 1.60. The molecule has 0 bridgehead atoms. The number of hydrogen-bond donors (Lipinski definition) is 1. The van der Waals surface area contributed by atoms with Crippen LogP contribution in [0.2, 0.25) is 0 Å². The third kappa shape index (κ3) is 7.26. The molecule has 0 radical (unpaired) electrons. The van der Waals surface area contributed by atoms with Crippen molar-refractivity contribution in [3.05, 3.63) is 66.7 Å². The average molecular weight is 477 g/mol. The van der Waals surface area contributed by atoms with Crippen molar-refractivity contribution in [3.8, 4) is 16.9 Å². The maximum absolute atomic E-state index is 13.2. The molecule has 2 aromatic carbocycles. The van der Waals surface area contributed by atoms with Gasteiger partial charge in [0.2, 0.25) is 11.8 Å². The van der Waals surface area contributed by atoms with Crippen molar-refractivity contribution in [3.63, 3.8) is 0 Å². The monoisotopic (exact) mass is 476 g/mol. The Morgan fingerprint density at radius 2 is 1.74 bits per heavy atom. The molecule has 1 unspecified atom stereocenters. The molecule has 1 N–H and O–H groups in total. The fourth-order valence-electron chi connectivity index (χ4n) is 4.02. The number of anilines is 1. The van der Waals surface area contributed by atoms with Crippen molar-refractivity contribution in [2.75, 3.05) is 32.1 Å². The van der Waals surface area contributed by atoms with Crippen LogP contribution < -0.4 is 5.32 Å². The van der Waals surface area contributed by atoms with E-state index in [4.69, 9.17) is 9.84 Å². The number of ether oxygens (including phenoxy) is 1. The lowest BCUT2D eigenvalue weighted by atomic mass is 9.97. The van der Waals surface area contributed by atoms with Crippen LogP contribution in [0.4, 0.5) is 5.82 Å². The topological polar surface area (TPSA) is 76.5 Å². The minimum atomic E-state index is -0.267. The second-order valence-corrected chi connectivity index (χ2v) is 8.58. The van der Waals surface area contributed by atoms with Gasteiger partial charge < -0.3 is 15.0 Å². The second kappa shape index (κ2) is 13.4. The van der Waals surface area contributed by atoms with Gasteiger partial charge in [-0.05, 0) is 25.0 Å². The summed E-state index contributed by atoms with van der Waals surface area (Å²) < 4.78 is 6.93. The zero-order chi connectivity index (χ0) is 25.0. The molecule has 186 valence electrons. The maximum Gasteiger partial charge on any atom is 0.245 e. The SMILES string of the molecule is CCCCC(CC)C(=O)N(CCOC)CC(=O)Nc1cc(-c2ccccc2)nn1-c1ccccc1. The lowest BCUT2D eigenvalue weighted by Gasteiger charge is -2.26. The molecule has 0 fully saturated rings. The van der Waals surface area contributed by atoms with E-state index >= 15 is 0 Å². The predicted molar refractivity (Wildman–Crippen MR) is 139 cm³/mol. The van der Waals surface area contributed by atoms with Crippen LogP contribution in [0.15, 0.2) is 66.7 Å². The third-order valence-corrected chi connectivity index (χ3v) is 6.01. The van der Waals surface area contributed by atoms with Gasteiger partial charge in [-0.3, -0.25) is 9.59 Å². The zero-order valence-corrected chi connectivity index (χ0v) is 20.9. The summed E-state index contributed by atoms with van der Waals surface area (Å²) >= 11 is 0. The van der Waals surface area contributed by atoms with Gasteiger partial charge >= 0.3 is 0 Å². The quantitative estimate of drug-likeness (QED) is 0.369. The highest BCUT2D eigenvalue weighted by atomic mass is 16.5. The van der Waals surface area contributed by atoms with Gasteiger partial charge in [0.25, 0.3) is 0 Å². The van der Waals surface area contributed by atoms with E-state index < -0.39 is 0 Å². The largest absolute Gasteiger partial charge is 0.383 e. The summed E-state index contributed by atoms with van der Waals surface area (Å²) in [5, 5.41) is 7.73. The van der Waals surface area contributed by atoms with E-state index in [2.05, 4.69) is 12.2 Å². The van der Waals surface area contributed by atoms with Crippen LogP contribution in [0, 0.1) is 5.92 Å². The van der Waals surface area contributed by atoms with E-state index in [0.29, 0.717) is 19.0 Å². The number of benzene rings is 2. The summed E-state index contributed by atoms with van der Waals surface area (Å²) in [5.74, 6) is 0.211. The smallest absolute Gasteiger partial charge is 0.245 e. The number of hydrogen-bond acceptors (Lipinski definition) is 4. The number of methoxy groups -OCH3 is 1. The first-order valence-electron chi connectivity index (χ1n) is 12.4. The highest BCUT2D eigenvalue weighted by Gasteiger charge is 2.25. The number of aromatic nitrogens is 2. The van der Waals surface area contributed by atoms with Crippen LogP contribution >= 0.6 is 0 Å². The summed E-state index contributed by atoms with van der Waals surface area (Å²) in [6.45, 7) is 4.86. The van der Waals surface area contributed by atoms with E-state index in [1.165, 1.54) is 0 Å². The maximum atomic E-state index is 13.2. The van der Waals surface area contributed by atoms with Crippen LogP contribution in [-0.2, 0) is 14.3 Å². The number of amides is 2. The number of carbonyl (C=O) groups excluding carboxylic acids is 2. The molecule has 1 atom stereocenters. The fourth-order valence-corrected chi connectivity index (χ4v) is 4.02. The Morgan fingerprint density at radius 1 is 1.06 bits per heavy atom. The van der Waals surface area contributed by atoms with E-state index in [1.54, 1.807) is 16.7 Å². The van der Waals surface area contributed by atoms with Gasteiger partial charge in [0.1, 0.15) is 5.82 Å². The van der Waals surface area contributed by atoms with Gasteiger partial charge in [-0.25, -0.2) is 4.68 Å². The second-order valence-electron chi connectivity index (χ2n) is 8.58. The highest BCUT2D eigenvalue weighted by molar-refractivity contribution is 5.95. The normalized spacial score (nSPS) is 11.7. The Labute approximate surface area is 208 Å². The summed E-state index contributed by atoms with van der Waals surface area (Å²) in [4.78, 5) is 28.0. The average Bonchev–Trinajstić information content (AvgIpc) is 3.31. The first-order valence-corrected chi connectivity index (χ1v) is 12.4. The van der Waals surface area contributed by atoms with Crippen LogP contribution in [0.5, 0.6) is 0 Å². The Hall–Kier alpha value is -3.45. The highest BCUT2D eigenvalue weighted by Crippen LogP contribution is 2.25. The third-order valence-electron chi connectivity index (χ3n) is 6.01. The first kappa shape index (κ1) is 26.2. The number of nitrogens with zero attached hydrogens (tertiary/aromatic N) is 3. The summed E-state index contributed by atoms with van der Waals surface area (Å²) in [6.07, 6.45) is 3.62. The molecule has 3 aromatic rings. The van der Waals surface area contributed by atoms with E-state index in [-0.39, 0.29) is 24.3 Å². The first-order chi connectivity index (χ1) is 17.1. The summed E-state index contributed by atoms with van der Waals surface area (Å²) in [5.41, 5.74) is 2.54. The molecular formula is C28H36N4O3. The molecule has 0 aliphatic rings. The van der Waals surface area contributed by atoms with E-state index in [9.17, 15) is 9.59 Å². The molecule has 35 heavy (non-hydrogen) atoms. The van der Waals surface area contributed by atoms with Crippen LogP contribution in [0.3, 0.4) is 0 Å². The molecule has 0 saturated heterocycles. The van der Waals surface area contributed by atoms with Gasteiger partial charge in [-0.2, -0.15) is 5.10 Å². The van der Waals surface area contributed by atoms with Crippen LogP contribution in [0.25, 0.3) is 16.9 Å². The zero-order valence-electron chi connectivity index (χ0n) is 20.9. The van der Waals surface area contributed by atoms with E-state index in [1.807, 2.05) is 73.7 Å². The van der Waals surface area contributed by atoms with Crippen molar-refractivity contribution in [1.29, 1.82) is 0 Å². The van der Waals surface area contributed by atoms with Crippen molar-refractivity contribution in [2.24, 2.45) is 5.92 Å². The number of carbonyl (C=O) groups is 2. The molecule has 7 heteroatoms. The fraction of sp³-hybridized carbons (Fsp3) is 0.393. The molecule has 0 aliphatic heterocycles.